The first kappa shape index (κ1) is 16.9. The first-order valence-electron chi connectivity index (χ1n) is 9.13. The maximum absolute atomic E-state index is 11.3. The molecule has 28 heavy (non-hydrogen) atoms. The topological polar surface area (TPSA) is 34.4 Å². The molecule has 1 N–H and O–H groups in total. The van der Waals surface area contributed by atoms with Crippen molar-refractivity contribution < 1.29 is 9.84 Å². The standard InChI is InChI=1S/C24H19NO2S/c1-15-13-18(24-22(27-2)11-12-28-24)23(26)21(14-15)25-19-9-5-3-7-16(19)17-8-4-6-10-20(17)25/h3-14,26H,1-2H3. The van der Waals surface area contributed by atoms with Crippen molar-refractivity contribution in [1.29, 1.82) is 0 Å². The first-order valence-corrected chi connectivity index (χ1v) is 10.0. The maximum Gasteiger partial charge on any atom is 0.148 e. The number of ether oxygens (including phenoxy) is 1. The average molecular weight is 385 g/mol. The molecule has 5 aromatic rings. The predicted octanol–water partition coefficient (Wildman–Crippen LogP) is 6.53. The van der Waals surface area contributed by atoms with Crippen LogP contribution in [0.1, 0.15) is 5.56 Å². The molecule has 0 bridgehead atoms. The molecule has 5 rings (SSSR count). The van der Waals surface area contributed by atoms with Crippen LogP contribution in [0.2, 0.25) is 0 Å². The largest absolute Gasteiger partial charge is 0.505 e. The molecule has 2 heterocycles. The van der Waals surface area contributed by atoms with Gasteiger partial charge in [-0.1, -0.05) is 36.4 Å². The van der Waals surface area contributed by atoms with E-state index in [1.54, 1.807) is 18.4 Å². The Kier molecular flexibility index (Phi) is 3.88. The smallest absolute Gasteiger partial charge is 0.148 e. The zero-order valence-electron chi connectivity index (χ0n) is 15.6. The van der Waals surface area contributed by atoms with Gasteiger partial charge in [-0.15, -0.1) is 11.3 Å². The van der Waals surface area contributed by atoms with Crippen LogP contribution in [0.5, 0.6) is 11.5 Å². The summed E-state index contributed by atoms with van der Waals surface area (Å²) in [4.78, 5) is 0.936. The number of para-hydroxylation sites is 2. The van der Waals surface area contributed by atoms with Crippen molar-refractivity contribution >= 4 is 33.1 Å². The lowest BCUT2D eigenvalue weighted by Gasteiger charge is -2.15. The lowest BCUT2D eigenvalue weighted by molar-refractivity contribution is 0.417. The minimum absolute atomic E-state index is 0.262. The fourth-order valence-electron chi connectivity index (χ4n) is 3.94. The minimum Gasteiger partial charge on any atom is -0.505 e. The third-order valence-electron chi connectivity index (χ3n) is 5.15. The molecule has 0 unspecified atom stereocenters. The summed E-state index contributed by atoms with van der Waals surface area (Å²) in [5, 5.41) is 15.7. The number of thiophene rings is 1. The van der Waals surface area contributed by atoms with E-state index in [9.17, 15) is 5.11 Å². The van der Waals surface area contributed by atoms with Gasteiger partial charge in [0.25, 0.3) is 0 Å². The highest BCUT2D eigenvalue weighted by Crippen LogP contribution is 2.44. The van der Waals surface area contributed by atoms with Crippen molar-refractivity contribution in [3.63, 3.8) is 0 Å². The Labute approximate surface area is 167 Å². The number of hydrogen-bond donors (Lipinski definition) is 1. The number of phenols is 1. The number of methoxy groups -OCH3 is 1. The fraction of sp³-hybridized carbons (Fsp3) is 0.0833. The van der Waals surface area contributed by atoms with Crippen LogP contribution >= 0.6 is 11.3 Å². The molecule has 4 heteroatoms. The molecule has 138 valence electrons. The van der Waals surface area contributed by atoms with E-state index in [-0.39, 0.29) is 5.75 Å². The van der Waals surface area contributed by atoms with Gasteiger partial charge in [0.1, 0.15) is 11.5 Å². The maximum atomic E-state index is 11.3. The van der Waals surface area contributed by atoms with Crippen molar-refractivity contribution in [1.82, 2.24) is 4.57 Å². The average Bonchev–Trinajstić information content (AvgIpc) is 3.32. The van der Waals surface area contributed by atoms with Crippen LogP contribution in [0, 0.1) is 6.92 Å². The summed E-state index contributed by atoms with van der Waals surface area (Å²) in [6.07, 6.45) is 0. The predicted molar refractivity (Wildman–Crippen MR) is 117 cm³/mol. The minimum atomic E-state index is 0.262. The van der Waals surface area contributed by atoms with Gasteiger partial charge in [0.15, 0.2) is 0 Å². The summed E-state index contributed by atoms with van der Waals surface area (Å²) in [5.41, 5.74) is 4.81. The van der Waals surface area contributed by atoms with E-state index in [1.807, 2.05) is 35.7 Å². The van der Waals surface area contributed by atoms with Gasteiger partial charge in [-0.05, 0) is 48.2 Å². The molecule has 0 spiro atoms. The summed E-state index contributed by atoms with van der Waals surface area (Å²) < 4.78 is 7.65. The molecule has 0 fully saturated rings. The highest BCUT2D eigenvalue weighted by molar-refractivity contribution is 7.14. The summed E-state index contributed by atoms with van der Waals surface area (Å²) in [7, 11) is 1.66. The molecule has 3 aromatic carbocycles. The summed E-state index contributed by atoms with van der Waals surface area (Å²) in [6.45, 7) is 2.06. The van der Waals surface area contributed by atoms with Crippen molar-refractivity contribution in [2.24, 2.45) is 0 Å². The van der Waals surface area contributed by atoms with E-state index in [0.717, 1.165) is 38.5 Å². The number of aromatic nitrogens is 1. The Morgan fingerprint density at radius 3 is 2.18 bits per heavy atom. The molecule has 0 radical (unpaired) electrons. The van der Waals surface area contributed by atoms with Crippen LogP contribution in [-0.4, -0.2) is 16.8 Å². The third kappa shape index (κ3) is 2.42. The number of rotatable bonds is 3. The molecule has 0 saturated heterocycles. The van der Waals surface area contributed by atoms with Gasteiger partial charge in [-0.2, -0.15) is 0 Å². The van der Waals surface area contributed by atoms with Crippen LogP contribution in [0.3, 0.4) is 0 Å². The van der Waals surface area contributed by atoms with E-state index < -0.39 is 0 Å². The lowest BCUT2D eigenvalue weighted by Crippen LogP contribution is -1.97. The molecule has 2 aromatic heterocycles. The van der Waals surface area contributed by atoms with Crippen molar-refractivity contribution in [3.05, 3.63) is 77.7 Å². The number of benzene rings is 3. The first-order chi connectivity index (χ1) is 13.7. The van der Waals surface area contributed by atoms with Gasteiger partial charge >= 0.3 is 0 Å². The summed E-state index contributed by atoms with van der Waals surface area (Å²) >= 11 is 1.57. The number of aryl methyl sites for hydroxylation is 1. The molecule has 0 aliphatic heterocycles. The van der Waals surface area contributed by atoms with Crippen molar-refractivity contribution in [2.75, 3.05) is 7.11 Å². The van der Waals surface area contributed by atoms with Gasteiger partial charge in [-0.3, -0.25) is 0 Å². The van der Waals surface area contributed by atoms with Crippen LogP contribution in [0.15, 0.2) is 72.1 Å². The lowest BCUT2D eigenvalue weighted by atomic mass is 10.1. The monoisotopic (exact) mass is 385 g/mol. The third-order valence-corrected chi connectivity index (χ3v) is 6.08. The van der Waals surface area contributed by atoms with Gasteiger partial charge in [-0.25, -0.2) is 0 Å². The SMILES string of the molecule is COc1ccsc1-c1cc(C)cc(-n2c3ccccc3c3ccccc32)c1O. The Morgan fingerprint density at radius 1 is 0.893 bits per heavy atom. The van der Waals surface area contributed by atoms with E-state index in [1.165, 1.54) is 10.8 Å². The zero-order valence-corrected chi connectivity index (χ0v) is 16.5. The molecule has 3 nitrogen and oxygen atoms in total. The van der Waals surface area contributed by atoms with E-state index in [0.29, 0.717) is 0 Å². The summed E-state index contributed by atoms with van der Waals surface area (Å²) in [5.74, 6) is 1.04. The second-order valence-electron chi connectivity index (χ2n) is 6.87. The number of fused-ring (bicyclic) bond motifs is 3. The number of phenolic OH excluding ortho intramolecular Hbond substituents is 1. The highest BCUT2D eigenvalue weighted by Gasteiger charge is 2.19. The molecule has 0 saturated carbocycles. The van der Waals surface area contributed by atoms with Gasteiger partial charge < -0.3 is 14.4 Å². The fourth-order valence-corrected chi connectivity index (χ4v) is 4.82. The molecule has 0 amide bonds. The van der Waals surface area contributed by atoms with Gasteiger partial charge in [0.2, 0.25) is 0 Å². The number of aromatic hydroxyl groups is 1. The normalized spacial score (nSPS) is 11.4. The van der Waals surface area contributed by atoms with Gasteiger partial charge in [0.05, 0.1) is 28.7 Å². The molecular weight excluding hydrogens is 366 g/mol. The zero-order chi connectivity index (χ0) is 19.3. The number of hydrogen-bond acceptors (Lipinski definition) is 3. The quantitative estimate of drug-likeness (QED) is 0.383. The van der Waals surface area contributed by atoms with Crippen LogP contribution in [0.25, 0.3) is 37.9 Å². The highest BCUT2D eigenvalue weighted by atomic mass is 32.1. The summed E-state index contributed by atoms with van der Waals surface area (Å²) in [6, 6.07) is 22.6. The molecule has 0 aliphatic rings. The Balaban J connectivity index is 1.88. The Morgan fingerprint density at radius 2 is 1.54 bits per heavy atom. The Bertz CT molecular complexity index is 1280. The van der Waals surface area contributed by atoms with Crippen molar-refractivity contribution in [3.8, 4) is 27.6 Å². The van der Waals surface area contributed by atoms with E-state index >= 15 is 0 Å². The second kappa shape index (κ2) is 6.43. The molecule has 0 atom stereocenters. The van der Waals surface area contributed by atoms with Crippen molar-refractivity contribution in [2.45, 2.75) is 6.92 Å². The number of nitrogens with zero attached hydrogens (tertiary/aromatic N) is 1. The Hall–Kier alpha value is -3.24. The van der Waals surface area contributed by atoms with Crippen LogP contribution in [0.4, 0.5) is 0 Å². The van der Waals surface area contributed by atoms with Gasteiger partial charge in [0, 0.05) is 16.3 Å². The second-order valence-corrected chi connectivity index (χ2v) is 7.78. The van der Waals surface area contributed by atoms with Crippen LogP contribution in [-0.2, 0) is 0 Å². The van der Waals surface area contributed by atoms with E-state index in [4.69, 9.17) is 4.74 Å². The van der Waals surface area contributed by atoms with E-state index in [2.05, 4.69) is 47.9 Å². The van der Waals surface area contributed by atoms with Crippen LogP contribution < -0.4 is 4.74 Å². The molecule has 0 aliphatic carbocycles. The molecular formula is C24H19NO2S.